The zero-order chi connectivity index (χ0) is 26.4. The van der Waals surface area contributed by atoms with Crippen molar-refractivity contribution in [3.63, 3.8) is 0 Å². The average molecular weight is 504 g/mol. The molecule has 4 atom stereocenters. The van der Waals surface area contributed by atoms with Crippen molar-refractivity contribution in [2.24, 2.45) is 5.92 Å². The summed E-state index contributed by atoms with van der Waals surface area (Å²) in [6.07, 6.45) is -4.04. The van der Waals surface area contributed by atoms with Crippen LogP contribution in [0.15, 0.2) is 42.5 Å². The van der Waals surface area contributed by atoms with Crippen LogP contribution in [0.4, 0.5) is 18.0 Å². The third-order valence-corrected chi connectivity index (χ3v) is 7.61. The third-order valence-electron chi connectivity index (χ3n) is 7.61. The molecule has 2 aliphatic heterocycles. The summed E-state index contributed by atoms with van der Waals surface area (Å²) in [5, 5.41) is 9.74. The van der Waals surface area contributed by atoms with Crippen molar-refractivity contribution >= 4 is 11.9 Å². The van der Waals surface area contributed by atoms with Gasteiger partial charge in [0, 0.05) is 20.1 Å². The molecular formula is C27H32F3N3O3. The Balaban J connectivity index is 1.68. The normalized spacial score (nSPS) is 23.0. The van der Waals surface area contributed by atoms with Gasteiger partial charge in [-0.05, 0) is 56.0 Å². The van der Waals surface area contributed by atoms with Crippen LogP contribution in [0.2, 0.25) is 0 Å². The first-order valence-electron chi connectivity index (χ1n) is 12.1. The van der Waals surface area contributed by atoms with Gasteiger partial charge in [0.2, 0.25) is 5.91 Å². The van der Waals surface area contributed by atoms with Gasteiger partial charge in [-0.3, -0.25) is 4.79 Å². The number of halogens is 3. The number of urea groups is 1. The second-order valence-corrected chi connectivity index (χ2v) is 9.91. The summed E-state index contributed by atoms with van der Waals surface area (Å²) in [4.78, 5) is 31.7. The number of aliphatic hydroxyl groups is 1. The van der Waals surface area contributed by atoms with E-state index in [9.17, 15) is 27.9 Å². The molecule has 2 fully saturated rings. The van der Waals surface area contributed by atoms with Crippen LogP contribution in [-0.2, 0) is 11.0 Å². The van der Waals surface area contributed by atoms with Gasteiger partial charge < -0.3 is 19.8 Å². The molecule has 2 saturated heterocycles. The molecule has 1 N–H and O–H groups in total. The Morgan fingerprint density at radius 2 is 1.86 bits per heavy atom. The molecule has 9 heteroatoms. The van der Waals surface area contributed by atoms with Crippen molar-refractivity contribution in [2.45, 2.75) is 51.5 Å². The summed E-state index contributed by atoms with van der Waals surface area (Å²) in [6.45, 7) is 5.67. The molecular weight excluding hydrogens is 471 g/mol. The van der Waals surface area contributed by atoms with E-state index in [1.165, 1.54) is 4.90 Å². The topological polar surface area (TPSA) is 64.1 Å². The Morgan fingerprint density at radius 3 is 2.50 bits per heavy atom. The largest absolute Gasteiger partial charge is 0.416 e. The van der Waals surface area contributed by atoms with Crippen molar-refractivity contribution in [2.75, 3.05) is 26.7 Å². The third kappa shape index (κ3) is 4.68. The van der Waals surface area contributed by atoms with Gasteiger partial charge in [-0.15, -0.1) is 0 Å². The van der Waals surface area contributed by atoms with E-state index in [1.807, 2.05) is 31.2 Å². The van der Waals surface area contributed by atoms with Crippen molar-refractivity contribution in [1.29, 1.82) is 0 Å². The number of rotatable bonds is 4. The molecule has 0 spiro atoms. The fraction of sp³-hybridized carbons (Fsp3) is 0.481. The van der Waals surface area contributed by atoms with E-state index in [1.54, 1.807) is 36.8 Å². The number of amides is 3. The number of aliphatic hydroxyl groups excluding tert-OH is 1. The molecule has 0 radical (unpaired) electrons. The number of nitrogens with zero attached hydrogens (tertiary/aromatic N) is 3. The lowest BCUT2D eigenvalue weighted by Gasteiger charge is -2.47. The monoisotopic (exact) mass is 503 g/mol. The molecule has 3 amide bonds. The zero-order valence-electron chi connectivity index (χ0n) is 20.9. The summed E-state index contributed by atoms with van der Waals surface area (Å²) in [5.41, 5.74) is 2.03. The van der Waals surface area contributed by atoms with Crippen LogP contribution in [0, 0.1) is 19.8 Å². The van der Waals surface area contributed by atoms with Gasteiger partial charge in [0.1, 0.15) is 0 Å². The van der Waals surface area contributed by atoms with Crippen LogP contribution in [0.25, 0.3) is 0 Å². The van der Waals surface area contributed by atoms with Crippen molar-refractivity contribution in [3.05, 3.63) is 70.3 Å². The Labute approximate surface area is 209 Å². The Morgan fingerprint density at radius 1 is 1.17 bits per heavy atom. The molecule has 2 aromatic carbocycles. The minimum absolute atomic E-state index is 0.102. The molecule has 194 valence electrons. The summed E-state index contributed by atoms with van der Waals surface area (Å²) in [5.74, 6) is -0.601. The fourth-order valence-electron chi connectivity index (χ4n) is 5.53. The first-order valence-corrected chi connectivity index (χ1v) is 12.1. The highest BCUT2D eigenvalue weighted by Gasteiger charge is 2.49. The maximum Gasteiger partial charge on any atom is 0.416 e. The molecule has 0 aliphatic carbocycles. The minimum atomic E-state index is -4.48. The molecule has 4 rings (SSSR count). The highest BCUT2D eigenvalue weighted by Crippen LogP contribution is 2.41. The molecule has 36 heavy (non-hydrogen) atoms. The quantitative estimate of drug-likeness (QED) is 0.658. The highest BCUT2D eigenvalue weighted by atomic mass is 19.4. The second-order valence-electron chi connectivity index (χ2n) is 9.91. The average Bonchev–Trinajstić information content (AvgIpc) is 3.17. The number of alkyl halides is 3. The summed E-state index contributed by atoms with van der Waals surface area (Å²) >= 11 is 0. The van der Waals surface area contributed by atoms with Gasteiger partial charge in [-0.25, -0.2) is 4.79 Å². The predicted molar refractivity (Wildman–Crippen MR) is 129 cm³/mol. The van der Waals surface area contributed by atoms with Crippen LogP contribution in [0.1, 0.15) is 53.2 Å². The van der Waals surface area contributed by atoms with Crippen LogP contribution in [0.3, 0.4) is 0 Å². The first-order chi connectivity index (χ1) is 16.9. The van der Waals surface area contributed by atoms with Crippen molar-refractivity contribution in [3.8, 4) is 0 Å². The number of benzene rings is 2. The van der Waals surface area contributed by atoms with Gasteiger partial charge in [0.25, 0.3) is 0 Å². The zero-order valence-corrected chi connectivity index (χ0v) is 20.9. The molecule has 0 saturated carbocycles. The standard InChI is InChI=1S/C27H32F3N3O3/c1-16-11-19(13-21(12-16)27(28,29)30)18(3)31(4)26(36)33-10-9-32-23(14-20(15-34)25(32)35)24(33)22-8-6-5-7-17(22)2/h5-8,11-13,18,20,23-24,34H,9-10,14-15H2,1-4H3/t18-,20?,23+,24+/m1/s1. The van der Waals surface area contributed by atoms with Gasteiger partial charge >= 0.3 is 12.2 Å². The number of piperazine rings is 1. The van der Waals surface area contributed by atoms with E-state index in [0.29, 0.717) is 24.1 Å². The number of aryl methyl sites for hydroxylation is 2. The number of carbonyl (C=O) groups excluding carboxylic acids is 2. The van der Waals surface area contributed by atoms with Crippen LogP contribution >= 0.6 is 0 Å². The van der Waals surface area contributed by atoms with Gasteiger partial charge in [0.15, 0.2) is 0 Å². The molecule has 6 nitrogen and oxygen atoms in total. The SMILES string of the molecule is Cc1cc([C@@H](C)N(C)C(=O)N2CCN3C(=O)C(CO)C[C@H]3[C@@H]2c2ccccc2C)cc(C(F)(F)F)c1. The van der Waals surface area contributed by atoms with E-state index < -0.39 is 29.7 Å². The summed E-state index contributed by atoms with van der Waals surface area (Å²) in [7, 11) is 1.60. The summed E-state index contributed by atoms with van der Waals surface area (Å²) in [6, 6.07) is 9.93. The fourth-order valence-corrected chi connectivity index (χ4v) is 5.53. The van der Waals surface area contributed by atoms with E-state index >= 15 is 0 Å². The lowest BCUT2D eigenvalue weighted by molar-refractivity contribution is -0.138. The maximum atomic E-state index is 13.9. The molecule has 2 heterocycles. The maximum absolute atomic E-state index is 13.9. The van der Waals surface area contributed by atoms with Crippen molar-refractivity contribution in [1.82, 2.24) is 14.7 Å². The highest BCUT2D eigenvalue weighted by molar-refractivity contribution is 5.83. The molecule has 2 aromatic rings. The van der Waals surface area contributed by atoms with E-state index in [-0.39, 0.29) is 31.1 Å². The van der Waals surface area contributed by atoms with Crippen LogP contribution in [0.5, 0.6) is 0 Å². The van der Waals surface area contributed by atoms with Crippen LogP contribution < -0.4 is 0 Å². The lowest BCUT2D eigenvalue weighted by atomic mass is 9.89. The van der Waals surface area contributed by atoms with Crippen molar-refractivity contribution < 1.29 is 27.9 Å². The lowest BCUT2D eigenvalue weighted by Crippen LogP contribution is -2.57. The Hall–Kier alpha value is -3.07. The molecule has 0 bridgehead atoms. The minimum Gasteiger partial charge on any atom is -0.396 e. The number of hydrogen-bond acceptors (Lipinski definition) is 3. The van der Waals surface area contributed by atoms with Gasteiger partial charge in [0.05, 0.1) is 36.2 Å². The molecule has 1 unspecified atom stereocenters. The smallest absolute Gasteiger partial charge is 0.396 e. The summed E-state index contributed by atoms with van der Waals surface area (Å²) < 4.78 is 40.3. The first kappa shape index (κ1) is 26.0. The Bertz CT molecular complexity index is 1150. The molecule has 0 aromatic heterocycles. The predicted octanol–water partition coefficient (Wildman–Crippen LogP) is 4.70. The van der Waals surface area contributed by atoms with Gasteiger partial charge in [-0.2, -0.15) is 13.2 Å². The van der Waals surface area contributed by atoms with E-state index in [2.05, 4.69) is 0 Å². The Kier molecular flexibility index (Phi) is 7.05. The second kappa shape index (κ2) is 9.76. The number of carbonyl (C=O) groups is 2. The van der Waals surface area contributed by atoms with Crippen LogP contribution in [-0.4, -0.2) is 64.5 Å². The van der Waals surface area contributed by atoms with Gasteiger partial charge in [-0.1, -0.05) is 35.9 Å². The van der Waals surface area contributed by atoms with E-state index in [0.717, 1.165) is 23.3 Å². The molecule has 2 aliphatic rings. The number of hydrogen-bond donors (Lipinski definition) is 1. The van der Waals surface area contributed by atoms with E-state index in [4.69, 9.17) is 0 Å². The number of fused-ring (bicyclic) bond motifs is 1.